The number of aryl methyl sites for hydroxylation is 1. The zero-order chi connectivity index (χ0) is 16.3. The fraction of sp³-hybridized carbons (Fsp3) is 0.529. The van der Waals surface area contributed by atoms with Gasteiger partial charge in [0.15, 0.2) is 5.96 Å². The molecule has 0 saturated heterocycles. The van der Waals surface area contributed by atoms with Crippen LogP contribution in [-0.4, -0.2) is 48.8 Å². The van der Waals surface area contributed by atoms with Gasteiger partial charge in [-0.05, 0) is 32.4 Å². The molecule has 0 radical (unpaired) electrons. The number of hydrogen-bond donors (Lipinski definition) is 3. The normalized spacial score (nSPS) is 11.3. The van der Waals surface area contributed by atoms with Crippen LogP contribution in [0.5, 0.6) is 0 Å². The first-order chi connectivity index (χ1) is 11.3. The Morgan fingerprint density at radius 3 is 2.83 bits per heavy atom. The van der Waals surface area contributed by atoms with Crippen LogP contribution < -0.4 is 10.6 Å². The molecule has 1 heterocycles. The summed E-state index contributed by atoms with van der Waals surface area (Å²) in [5, 5.41) is 6.51. The van der Waals surface area contributed by atoms with Crippen LogP contribution >= 0.6 is 24.0 Å². The largest absolute Gasteiger partial charge is 0.380 e. The van der Waals surface area contributed by atoms with E-state index < -0.39 is 0 Å². The Balaban J connectivity index is 0.00000288. The molecule has 0 unspecified atom stereocenters. The minimum absolute atomic E-state index is 0. The first-order valence-electron chi connectivity index (χ1n) is 8.37. The molecule has 0 amide bonds. The molecule has 0 bridgehead atoms. The lowest BCUT2D eigenvalue weighted by atomic mass is 10.3. The number of para-hydroxylation sites is 2. The van der Waals surface area contributed by atoms with Crippen LogP contribution in [-0.2, 0) is 11.2 Å². The van der Waals surface area contributed by atoms with Crippen LogP contribution in [0, 0.1) is 0 Å². The molecule has 0 spiro atoms. The monoisotopic (exact) mass is 445 g/mol. The number of benzene rings is 1. The van der Waals surface area contributed by atoms with Gasteiger partial charge in [-0.15, -0.1) is 24.0 Å². The van der Waals surface area contributed by atoms with E-state index in [0.717, 1.165) is 61.9 Å². The van der Waals surface area contributed by atoms with E-state index in [4.69, 9.17) is 4.74 Å². The van der Waals surface area contributed by atoms with Crippen molar-refractivity contribution in [3.63, 3.8) is 0 Å². The fourth-order valence-corrected chi connectivity index (χ4v) is 2.29. The number of nitrogens with zero attached hydrogens (tertiary/aromatic N) is 2. The van der Waals surface area contributed by atoms with Crippen molar-refractivity contribution in [3.8, 4) is 0 Å². The Morgan fingerprint density at radius 1 is 1.25 bits per heavy atom. The molecule has 3 N–H and O–H groups in total. The number of aliphatic imine (C=N–C) groups is 1. The maximum absolute atomic E-state index is 5.32. The van der Waals surface area contributed by atoms with Crippen molar-refractivity contribution in [2.24, 2.45) is 4.99 Å². The van der Waals surface area contributed by atoms with Gasteiger partial charge >= 0.3 is 0 Å². The number of hydrogen-bond acceptors (Lipinski definition) is 3. The predicted octanol–water partition coefficient (Wildman–Crippen LogP) is 2.71. The van der Waals surface area contributed by atoms with Crippen molar-refractivity contribution in [1.29, 1.82) is 0 Å². The number of imidazole rings is 1. The number of halogens is 1. The molecular formula is C17H28IN5O. The number of aromatic amines is 1. The number of fused-ring (bicyclic) bond motifs is 1. The minimum atomic E-state index is 0. The van der Waals surface area contributed by atoms with E-state index in [0.29, 0.717) is 6.61 Å². The van der Waals surface area contributed by atoms with E-state index in [9.17, 15) is 0 Å². The standard InChI is InChI=1S/C17H27N5O.HI/c1-3-18-17(20-12-13-23-4-2)19-11-7-10-16-21-14-8-5-6-9-15(14)22-16;/h5-6,8-9H,3-4,7,10-13H2,1-2H3,(H,21,22)(H2,18,19,20);1H. The van der Waals surface area contributed by atoms with E-state index in [-0.39, 0.29) is 24.0 Å². The molecule has 0 aliphatic carbocycles. The molecule has 0 fully saturated rings. The number of ether oxygens (including phenoxy) is 1. The Bertz CT molecular complexity index is 581. The van der Waals surface area contributed by atoms with Crippen LogP contribution in [0.3, 0.4) is 0 Å². The number of H-pyrrole nitrogens is 1. The van der Waals surface area contributed by atoms with E-state index in [1.807, 2.05) is 25.1 Å². The van der Waals surface area contributed by atoms with Crippen molar-refractivity contribution in [1.82, 2.24) is 20.6 Å². The molecule has 134 valence electrons. The summed E-state index contributed by atoms with van der Waals surface area (Å²) in [5.74, 6) is 1.87. The molecule has 7 heteroatoms. The highest BCUT2D eigenvalue weighted by atomic mass is 127. The van der Waals surface area contributed by atoms with Crippen molar-refractivity contribution in [2.45, 2.75) is 26.7 Å². The Labute approximate surface area is 160 Å². The minimum Gasteiger partial charge on any atom is -0.380 e. The van der Waals surface area contributed by atoms with Crippen LogP contribution in [0.1, 0.15) is 26.1 Å². The molecule has 0 saturated carbocycles. The van der Waals surface area contributed by atoms with Gasteiger partial charge in [0.05, 0.1) is 17.6 Å². The van der Waals surface area contributed by atoms with E-state index in [2.05, 4.69) is 38.6 Å². The van der Waals surface area contributed by atoms with Crippen molar-refractivity contribution < 1.29 is 4.74 Å². The number of guanidine groups is 1. The average Bonchev–Trinajstić information content (AvgIpc) is 2.98. The lowest BCUT2D eigenvalue weighted by molar-refractivity contribution is 0.152. The van der Waals surface area contributed by atoms with Crippen LogP contribution in [0.4, 0.5) is 0 Å². The SMILES string of the molecule is CCNC(=NCCCc1nc2ccccc2[nH]1)NCCOCC.I. The zero-order valence-electron chi connectivity index (χ0n) is 14.5. The maximum atomic E-state index is 5.32. The number of rotatable bonds is 9. The summed E-state index contributed by atoms with van der Waals surface area (Å²) in [7, 11) is 0. The zero-order valence-corrected chi connectivity index (χ0v) is 16.8. The van der Waals surface area contributed by atoms with Crippen LogP contribution in [0.15, 0.2) is 29.3 Å². The van der Waals surface area contributed by atoms with Crippen molar-refractivity contribution in [2.75, 3.05) is 32.8 Å². The molecule has 1 aromatic carbocycles. The summed E-state index contributed by atoms with van der Waals surface area (Å²) in [6.07, 6.45) is 1.86. The summed E-state index contributed by atoms with van der Waals surface area (Å²) in [4.78, 5) is 12.5. The summed E-state index contributed by atoms with van der Waals surface area (Å²) in [5.41, 5.74) is 2.12. The van der Waals surface area contributed by atoms with E-state index >= 15 is 0 Å². The van der Waals surface area contributed by atoms with Crippen LogP contribution in [0.2, 0.25) is 0 Å². The molecule has 2 rings (SSSR count). The van der Waals surface area contributed by atoms with Gasteiger partial charge in [-0.1, -0.05) is 12.1 Å². The molecule has 0 atom stereocenters. The van der Waals surface area contributed by atoms with Gasteiger partial charge < -0.3 is 20.4 Å². The van der Waals surface area contributed by atoms with E-state index in [1.54, 1.807) is 0 Å². The van der Waals surface area contributed by atoms with Crippen molar-refractivity contribution in [3.05, 3.63) is 30.1 Å². The average molecular weight is 445 g/mol. The summed E-state index contributed by atoms with van der Waals surface area (Å²) in [6, 6.07) is 8.10. The Kier molecular flexibility index (Phi) is 10.4. The van der Waals surface area contributed by atoms with Gasteiger partial charge in [-0.25, -0.2) is 4.98 Å². The van der Waals surface area contributed by atoms with Crippen LogP contribution in [0.25, 0.3) is 11.0 Å². The Hall–Kier alpha value is -1.35. The van der Waals surface area contributed by atoms with Crippen molar-refractivity contribution >= 4 is 41.0 Å². The van der Waals surface area contributed by atoms with Gasteiger partial charge in [0, 0.05) is 32.7 Å². The second-order valence-corrected chi connectivity index (χ2v) is 5.19. The highest BCUT2D eigenvalue weighted by Gasteiger charge is 2.02. The highest BCUT2D eigenvalue weighted by molar-refractivity contribution is 14.0. The maximum Gasteiger partial charge on any atom is 0.191 e. The molecule has 2 aromatic rings. The number of nitrogens with one attached hydrogen (secondary N) is 3. The third-order valence-corrected chi connectivity index (χ3v) is 3.37. The highest BCUT2D eigenvalue weighted by Crippen LogP contribution is 2.11. The molecule has 24 heavy (non-hydrogen) atoms. The third-order valence-electron chi connectivity index (χ3n) is 3.37. The Morgan fingerprint density at radius 2 is 2.08 bits per heavy atom. The lowest BCUT2D eigenvalue weighted by Gasteiger charge is -2.10. The fourth-order valence-electron chi connectivity index (χ4n) is 2.29. The smallest absolute Gasteiger partial charge is 0.191 e. The number of aromatic nitrogens is 2. The lowest BCUT2D eigenvalue weighted by Crippen LogP contribution is -2.39. The molecular weight excluding hydrogens is 417 g/mol. The topological polar surface area (TPSA) is 74.3 Å². The first-order valence-corrected chi connectivity index (χ1v) is 8.37. The third kappa shape index (κ3) is 7.04. The second kappa shape index (κ2) is 12.1. The second-order valence-electron chi connectivity index (χ2n) is 5.19. The molecule has 0 aliphatic heterocycles. The van der Waals surface area contributed by atoms with Gasteiger partial charge in [0.25, 0.3) is 0 Å². The summed E-state index contributed by atoms with van der Waals surface area (Å²) < 4.78 is 5.32. The summed E-state index contributed by atoms with van der Waals surface area (Å²) in [6.45, 7) is 7.88. The van der Waals surface area contributed by atoms with Gasteiger partial charge in [-0.3, -0.25) is 4.99 Å². The van der Waals surface area contributed by atoms with Gasteiger partial charge in [-0.2, -0.15) is 0 Å². The quantitative estimate of drug-likeness (QED) is 0.240. The predicted molar refractivity (Wildman–Crippen MR) is 110 cm³/mol. The summed E-state index contributed by atoms with van der Waals surface area (Å²) >= 11 is 0. The first kappa shape index (κ1) is 20.7. The molecule has 6 nitrogen and oxygen atoms in total. The van der Waals surface area contributed by atoms with Gasteiger partial charge in [0.2, 0.25) is 0 Å². The molecule has 1 aromatic heterocycles. The van der Waals surface area contributed by atoms with Gasteiger partial charge in [0.1, 0.15) is 5.82 Å². The van der Waals surface area contributed by atoms with E-state index in [1.165, 1.54) is 0 Å². The molecule has 0 aliphatic rings.